The molecule has 2 aromatic rings. The van der Waals surface area contributed by atoms with Crippen LogP contribution in [0.4, 0.5) is 11.4 Å². The Morgan fingerprint density at radius 1 is 1.14 bits per heavy atom. The zero-order valence-corrected chi connectivity index (χ0v) is 12.9. The molecule has 1 amide bonds. The van der Waals surface area contributed by atoms with Gasteiger partial charge in [-0.1, -0.05) is 18.2 Å². The third-order valence-electron chi connectivity index (χ3n) is 3.00. The molecule has 1 atom stereocenters. The van der Waals surface area contributed by atoms with E-state index in [1.165, 1.54) is 0 Å². The number of carbonyl (C=O) groups excluding carboxylic acids is 1. The molecule has 0 aromatic heterocycles. The number of nitrogens with one attached hydrogen (secondary N) is 1. The van der Waals surface area contributed by atoms with Gasteiger partial charge in [0.15, 0.2) is 0 Å². The van der Waals surface area contributed by atoms with Gasteiger partial charge in [-0.3, -0.25) is 9.00 Å². The molecule has 0 bridgehead atoms. The molecule has 0 spiro atoms. The van der Waals surface area contributed by atoms with Gasteiger partial charge in [-0.05, 0) is 49.2 Å². The second kappa shape index (κ2) is 6.54. The third-order valence-corrected chi connectivity index (χ3v) is 4.30. The van der Waals surface area contributed by atoms with Gasteiger partial charge < -0.3 is 11.1 Å². The number of hydrogen-bond acceptors (Lipinski definition) is 3. The first-order valence-electron chi connectivity index (χ1n) is 6.57. The van der Waals surface area contributed by atoms with Crippen molar-refractivity contribution >= 4 is 28.1 Å². The number of amides is 1. The predicted octanol–water partition coefficient (Wildman–Crippen LogP) is 2.63. The zero-order valence-electron chi connectivity index (χ0n) is 12.1. The second-order valence-electron chi connectivity index (χ2n) is 4.95. The molecule has 2 aromatic carbocycles. The van der Waals surface area contributed by atoms with Crippen LogP contribution in [-0.2, 0) is 15.6 Å². The Hall–Kier alpha value is -2.14. The molecule has 0 radical (unpaired) electrons. The highest BCUT2D eigenvalue weighted by molar-refractivity contribution is 7.85. The smallest absolute Gasteiger partial charge is 0.237 e. The van der Waals surface area contributed by atoms with E-state index < -0.39 is 10.8 Å². The van der Waals surface area contributed by atoms with Gasteiger partial charge in [-0.25, -0.2) is 0 Å². The standard InChI is InChI=1S/C16H18N2O2S/c1-11-4-3-5-13(8-11)21(20)10-16(19)18-15-7-6-12(2)9-14(15)17/h3-9H,10,17H2,1-2H3,(H,18,19). The first-order valence-corrected chi connectivity index (χ1v) is 7.88. The van der Waals surface area contributed by atoms with Crippen molar-refractivity contribution in [1.82, 2.24) is 0 Å². The molecule has 3 N–H and O–H groups in total. The van der Waals surface area contributed by atoms with Gasteiger partial charge in [-0.15, -0.1) is 0 Å². The Bertz CT molecular complexity index is 698. The fourth-order valence-corrected chi connectivity index (χ4v) is 2.97. The lowest BCUT2D eigenvalue weighted by Crippen LogP contribution is -2.20. The fourth-order valence-electron chi connectivity index (χ4n) is 1.94. The Labute approximate surface area is 126 Å². The van der Waals surface area contributed by atoms with Crippen LogP contribution < -0.4 is 11.1 Å². The highest BCUT2D eigenvalue weighted by Crippen LogP contribution is 2.19. The summed E-state index contributed by atoms with van der Waals surface area (Å²) >= 11 is 0. The molecule has 2 rings (SSSR count). The minimum atomic E-state index is -1.36. The number of benzene rings is 2. The van der Waals surface area contributed by atoms with Gasteiger partial charge in [0.2, 0.25) is 5.91 Å². The average Bonchev–Trinajstić information content (AvgIpc) is 2.42. The molecule has 0 saturated carbocycles. The molecule has 0 heterocycles. The average molecular weight is 302 g/mol. The van der Waals surface area contributed by atoms with Crippen molar-refractivity contribution in [2.45, 2.75) is 18.7 Å². The first-order chi connectivity index (χ1) is 9.95. The molecule has 110 valence electrons. The van der Waals surface area contributed by atoms with Crippen molar-refractivity contribution in [3.8, 4) is 0 Å². The SMILES string of the molecule is Cc1cccc(S(=O)CC(=O)Nc2ccc(C)cc2N)c1. The van der Waals surface area contributed by atoms with Crippen LogP contribution in [0.5, 0.6) is 0 Å². The van der Waals surface area contributed by atoms with Crippen LogP contribution >= 0.6 is 0 Å². The van der Waals surface area contributed by atoms with Gasteiger partial charge >= 0.3 is 0 Å². The van der Waals surface area contributed by atoms with Crippen molar-refractivity contribution < 1.29 is 9.00 Å². The van der Waals surface area contributed by atoms with Crippen molar-refractivity contribution in [2.75, 3.05) is 16.8 Å². The van der Waals surface area contributed by atoms with Gasteiger partial charge in [0, 0.05) is 4.90 Å². The normalized spacial score (nSPS) is 11.9. The maximum absolute atomic E-state index is 12.2. The largest absolute Gasteiger partial charge is 0.397 e. The summed E-state index contributed by atoms with van der Waals surface area (Å²) in [6.07, 6.45) is 0. The highest BCUT2D eigenvalue weighted by Gasteiger charge is 2.11. The van der Waals surface area contributed by atoms with Crippen LogP contribution in [-0.4, -0.2) is 15.9 Å². The molecule has 0 aliphatic carbocycles. The van der Waals surface area contributed by atoms with Crippen LogP contribution in [0, 0.1) is 13.8 Å². The highest BCUT2D eigenvalue weighted by atomic mass is 32.2. The topological polar surface area (TPSA) is 72.2 Å². The van der Waals surface area contributed by atoms with E-state index in [0.29, 0.717) is 16.3 Å². The minimum absolute atomic E-state index is 0.0865. The van der Waals surface area contributed by atoms with E-state index in [0.717, 1.165) is 11.1 Å². The summed E-state index contributed by atoms with van der Waals surface area (Å²) in [5.74, 6) is -0.401. The van der Waals surface area contributed by atoms with Crippen LogP contribution in [0.25, 0.3) is 0 Å². The molecule has 5 heteroatoms. The van der Waals surface area contributed by atoms with Crippen LogP contribution in [0.15, 0.2) is 47.4 Å². The number of rotatable bonds is 4. The molecule has 4 nitrogen and oxygen atoms in total. The van der Waals surface area contributed by atoms with E-state index in [9.17, 15) is 9.00 Å². The number of anilines is 2. The quantitative estimate of drug-likeness (QED) is 0.853. The summed E-state index contributed by atoms with van der Waals surface area (Å²) in [6.45, 7) is 3.85. The molecular formula is C16H18N2O2S. The predicted molar refractivity (Wildman–Crippen MR) is 86.7 cm³/mol. The van der Waals surface area contributed by atoms with Gasteiger partial charge in [0.1, 0.15) is 5.75 Å². The van der Waals surface area contributed by atoms with Gasteiger partial charge in [0.05, 0.1) is 22.2 Å². The Morgan fingerprint density at radius 2 is 1.86 bits per heavy atom. The lowest BCUT2D eigenvalue weighted by atomic mass is 10.2. The first kappa shape index (κ1) is 15.3. The summed E-state index contributed by atoms with van der Waals surface area (Å²) in [4.78, 5) is 12.6. The van der Waals surface area contributed by atoms with Gasteiger partial charge in [-0.2, -0.15) is 0 Å². The summed E-state index contributed by atoms with van der Waals surface area (Å²) < 4.78 is 12.2. The third kappa shape index (κ3) is 4.16. The number of hydrogen-bond donors (Lipinski definition) is 2. The molecule has 21 heavy (non-hydrogen) atoms. The molecule has 0 aliphatic rings. The number of nitrogens with two attached hydrogens (primary N) is 1. The molecule has 0 aliphatic heterocycles. The Kier molecular flexibility index (Phi) is 4.75. The van der Waals surface area contributed by atoms with Crippen molar-refractivity contribution in [3.63, 3.8) is 0 Å². The monoisotopic (exact) mass is 302 g/mol. The van der Waals surface area contributed by atoms with Crippen molar-refractivity contribution in [2.24, 2.45) is 0 Å². The Morgan fingerprint density at radius 3 is 2.52 bits per heavy atom. The summed E-state index contributed by atoms with van der Waals surface area (Å²) in [5, 5.41) is 2.70. The number of nitrogen functional groups attached to an aromatic ring is 1. The van der Waals surface area contributed by atoms with E-state index in [1.807, 2.05) is 38.1 Å². The van der Waals surface area contributed by atoms with Crippen LogP contribution in [0.1, 0.15) is 11.1 Å². The van der Waals surface area contributed by atoms with Crippen molar-refractivity contribution in [1.29, 1.82) is 0 Å². The van der Waals surface area contributed by atoms with E-state index in [-0.39, 0.29) is 11.7 Å². The lowest BCUT2D eigenvalue weighted by Gasteiger charge is -2.09. The fraction of sp³-hybridized carbons (Fsp3) is 0.188. The van der Waals surface area contributed by atoms with E-state index in [1.54, 1.807) is 18.2 Å². The molecule has 0 fully saturated rings. The van der Waals surface area contributed by atoms with Gasteiger partial charge in [0.25, 0.3) is 0 Å². The Balaban J connectivity index is 2.03. The minimum Gasteiger partial charge on any atom is -0.397 e. The maximum atomic E-state index is 12.2. The maximum Gasteiger partial charge on any atom is 0.237 e. The van der Waals surface area contributed by atoms with Crippen LogP contribution in [0.2, 0.25) is 0 Å². The number of aryl methyl sites for hydroxylation is 2. The van der Waals surface area contributed by atoms with E-state index in [2.05, 4.69) is 5.32 Å². The lowest BCUT2D eigenvalue weighted by molar-refractivity contribution is -0.113. The summed E-state index contributed by atoms with van der Waals surface area (Å²) in [7, 11) is -1.36. The molecule has 0 saturated heterocycles. The summed E-state index contributed by atoms with van der Waals surface area (Å²) in [5.41, 5.74) is 8.93. The van der Waals surface area contributed by atoms with Crippen molar-refractivity contribution in [3.05, 3.63) is 53.6 Å². The van der Waals surface area contributed by atoms with E-state index >= 15 is 0 Å². The zero-order chi connectivity index (χ0) is 15.4. The number of carbonyl (C=O) groups is 1. The van der Waals surface area contributed by atoms with E-state index in [4.69, 9.17) is 5.73 Å². The molecular weight excluding hydrogens is 284 g/mol. The van der Waals surface area contributed by atoms with Crippen LogP contribution in [0.3, 0.4) is 0 Å². The summed E-state index contributed by atoms with van der Waals surface area (Å²) in [6, 6.07) is 12.7. The molecule has 1 unspecified atom stereocenters. The second-order valence-corrected chi connectivity index (χ2v) is 6.40.